The van der Waals surface area contributed by atoms with Crippen molar-refractivity contribution in [1.82, 2.24) is 10.6 Å². The van der Waals surface area contributed by atoms with E-state index < -0.39 is 12.1 Å². The molecule has 0 aliphatic carbocycles. The molecule has 0 spiro atoms. The number of benzene rings is 3. The van der Waals surface area contributed by atoms with Crippen LogP contribution in [0.5, 0.6) is 5.75 Å². The molecule has 0 unspecified atom stereocenters. The van der Waals surface area contributed by atoms with Crippen molar-refractivity contribution in [2.24, 2.45) is 0 Å². The fourth-order valence-corrected chi connectivity index (χ4v) is 4.78. The maximum atomic E-state index is 13.5. The van der Waals surface area contributed by atoms with E-state index in [0.717, 1.165) is 29.0 Å². The number of hydrogen-bond acceptors (Lipinski definition) is 6. The summed E-state index contributed by atoms with van der Waals surface area (Å²) in [5.41, 5.74) is 4.01. The van der Waals surface area contributed by atoms with E-state index in [1.165, 1.54) is 0 Å². The third-order valence-corrected chi connectivity index (χ3v) is 6.87. The maximum absolute atomic E-state index is 13.5. The number of amides is 2. The van der Waals surface area contributed by atoms with Crippen molar-refractivity contribution in [3.63, 3.8) is 0 Å². The molecule has 3 aromatic carbocycles. The van der Waals surface area contributed by atoms with Crippen LogP contribution in [-0.2, 0) is 17.8 Å². The molecule has 1 fully saturated rings. The normalized spacial score (nSPS) is 14.6. The summed E-state index contributed by atoms with van der Waals surface area (Å²) in [4.78, 5) is 27.6. The van der Waals surface area contributed by atoms with Crippen molar-refractivity contribution >= 4 is 23.2 Å². The van der Waals surface area contributed by atoms with Gasteiger partial charge in [0, 0.05) is 49.5 Å². The number of hydrogen-bond donors (Lipinski definition) is 4. The molecule has 2 atom stereocenters. The zero-order valence-corrected chi connectivity index (χ0v) is 22.7. The Bertz CT molecular complexity index is 1230. The summed E-state index contributed by atoms with van der Waals surface area (Å²) < 4.78 is 5.21. The highest BCUT2D eigenvalue weighted by Gasteiger charge is 2.25. The highest BCUT2D eigenvalue weighted by Crippen LogP contribution is 2.27. The summed E-state index contributed by atoms with van der Waals surface area (Å²) in [6.07, 6.45) is 0.967. The third-order valence-electron chi connectivity index (χ3n) is 6.87. The molecule has 1 saturated heterocycles. The van der Waals surface area contributed by atoms with Crippen molar-refractivity contribution in [3.8, 4) is 5.75 Å². The first kappa shape index (κ1) is 28.1. The molecule has 4 N–H and O–H groups in total. The number of carbonyl (C=O) groups is 2. The topological polar surface area (TPSA) is 103 Å². The van der Waals surface area contributed by atoms with E-state index in [0.29, 0.717) is 50.3 Å². The Morgan fingerprint density at radius 1 is 1.05 bits per heavy atom. The third kappa shape index (κ3) is 7.81. The van der Waals surface area contributed by atoms with Crippen LogP contribution in [-0.4, -0.2) is 55.8 Å². The van der Waals surface area contributed by atoms with Crippen molar-refractivity contribution < 1.29 is 19.4 Å². The van der Waals surface area contributed by atoms with Gasteiger partial charge in [-0.2, -0.15) is 0 Å². The second-order valence-electron chi connectivity index (χ2n) is 9.76. The average molecular weight is 531 g/mol. The zero-order valence-electron chi connectivity index (χ0n) is 22.7. The van der Waals surface area contributed by atoms with Crippen LogP contribution in [0.15, 0.2) is 72.8 Å². The lowest BCUT2D eigenvalue weighted by atomic mass is 10.00. The van der Waals surface area contributed by atoms with Crippen molar-refractivity contribution in [2.75, 3.05) is 37.0 Å². The molecule has 39 heavy (non-hydrogen) atoms. The number of nitrogens with one attached hydrogen (secondary N) is 3. The minimum absolute atomic E-state index is 0.0651. The molecule has 0 aromatic heterocycles. The standard InChI is InChI=1S/C31H38N4O4/c1-3-33-25-17-24(18-26(19-25)35-15-7-10-30(35)37)31(38)34-28(16-22-8-5-4-6-9-22)29(36)21-32-20-23-11-13-27(39-2)14-12-23/h4-6,8-9,11-14,17-19,28-29,32-33,36H,3,7,10,15-16,20-21H2,1-2H3,(H,34,38)/t28-,29-/m0/s1. The number of carbonyl (C=O) groups excluding carboxylic acids is 2. The summed E-state index contributed by atoms with van der Waals surface area (Å²) in [6, 6.07) is 22.5. The first-order chi connectivity index (χ1) is 19.0. The Labute approximate surface area is 230 Å². The monoisotopic (exact) mass is 530 g/mol. The molecule has 0 saturated carbocycles. The molecule has 1 aliphatic rings. The van der Waals surface area contributed by atoms with Crippen LogP contribution in [0.25, 0.3) is 0 Å². The molecule has 3 aromatic rings. The number of nitrogens with zero attached hydrogens (tertiary/aromatic N) is 1. The van der Waals surface area contributed by atoms with E-state index in [2.05, 4.69) is 16.0 Å². The van der Waals surface area contributed by atoms with Gasteiger partial charge >= 0.3 is 0 Å². The minimum Gasteiger partial charge on any atom is -0.497 e. The summed E-state index contributed by atoms with van der Waals surface area (Å²) >= 11 is 0. The summed E-state index contributed by atoms with van der Waals surface area (Å²) in [5, 5.41) is 20.8. The first-order valence-corrected chi connectivity index (χ1v) is 13.5. The van der Waals surface area contributed by atoms with Crippen LogP contribution in [0, 0.1) is 0 Å². The van der Waals surface area contributed by atoms with Crippen LogP contribution in [0.2, 0.25) is 0 Å². The molecular formula is C31H38N4O4. The van der Waals surface area contributed by atoms with Crippen LogP contribution >= 0.6 is 0 Å². The number of aliphatic hydroxyl groups excluding tert-OH is 1. The highest BCUT2D eigenvalue weighted by atomic mass is 16.5. The average Bonchev–Trinajstić information content (AvgIpc) is 3.39. The van der Waals surface area contributed by atoms with Crippen LogP contribution in [0.4, 0.5) is 11.4 Å². The Morgan fingerprint density at radius 3 is 2.49 bits per heavy atom. The molecule has 0 radical (unpaired) electrons. The van der Waals surface area contributed by atoms with Crippen molar-refractivity contribution in [3.05, 3.63) is 89.5 Å². The van der Waals surface area contributed by atoms with E-state index in [-0.39, 0.29) is 11.8 Å². The number of ether oxygens (including phenoxy) is 1. The molecular weight excluding hydrogens is 492 g/mol. The Hall–Kier alpha value is -3.88. The number of aliphatic hydroxyl groups is 1. The van der Waals surface area contributed by atoms with E-state index in [1.54, 1.807) is 24.1 Å². The zero-order chi connectivity index (χ0) is 27.6. The molecule has 1 aliphatic heterocycles. The van der Waals surface area contributed by atoms with Crippen LogP contribution < -0.4 is 25.6 Å². The van der Waals surface area contributed by atoms with Gasteiger partial charge in [0.1, 0.15) is 5.75 Å². The minimum atomic E-state index is -0.830. The van der Waals surface area contributed by atoms with Gasteiger partial charge in [0.05, 0.1) is 19.3 Å². The van der Waals surface area contributed by atoms with E-state index in [4.69, 9.17) is 4.74 Å². The molecule has 1 heterocycles. The molecule has 8 heteroatoms. The molecule has 4 rings (SSSR count). The SMILES string of the molecule is CCNc1cc(C(=O)N[C@@H](Cc2ccccc2)[C@@H](O)CNCc2ccc(OC)cc2)cc(N2CCCC2=O)c1. The smallest absolute Gasteiger partial charge is 0.251 e. The number of methoxy groups -OCH3 is 1. The van der Waals surface area contributed by atoms with Gasteiger partial charge < -0.3 is 30.7 Å². The summed E-state index contributed by atoms with van der Waals surface area (Å²) in [5.74, 6) is 0.563. The fourth-order valence-electron chi connectivity index (χ4n) is 4.78. The van der Waals surface area contributed by atoms with Gasteiger partial charge in [0.15, 0.2) is 0 Å². The lowest BCUT2D eigenvalue weighted by molar-refractivity contribution is -0.117. The van der Waals surface area contributed by atoms with Crippen LogP contribution in [0.3, 0.4) is 0 Å². The van der Waals surface area contributed by atoms with Crippen LogP contribution in [0.1, 0.15) is 41.3 Å². The lowest BCUT2D eigenvalue weighted by Crippen LogP contribution is -2.48. The van der Waals surface area contributed by atoms with Gasteiger partial charge in [-0.15, -0.1) is 0 Å². The van der Waals surface area contributed by atoms with Crippen molar-refractivity contribution in [1.29, 1.82) is 0 Å². The molecule has 0 bridgehead atoms. The number of anilines is 2. The van der Waals surface area contributed by atoms with Gasteiger partial charge in [0.2, 0.25) is 5.91 Å². The lowest BCUT2D eigenvalue weighted by Gasteiger charge is -2.25. The van der Waals surface area contributed by atoms with Gasteiger partial charge in [-0.3, -0.25) is 9.59 Å². The largest absolute Gasteiger partial charge is 0.497 e. The predicted molar refractivity (Wildman–Crippen MR) is 154 cm³/mol. The maximum Gasteiger partial charge on any atom is 0.251 e. The second kappa shape index (κ2) is 13.8. The fraction of sp³-hybridized carbons (Fsp3) is 0.355. The van der Waals surface area contributed by atoms with E-state index >= 15 is 0 Å². The van der Waals surface area contributed by atoms with Crippen molar-refractivity contribution in [2.45, 2.75) is 44.9 Å². The van der Waals surface area contributed by atoms with Gasteiger partial charge in [-0.25, -0.2) is 0 Å². The first-order valence-electron chi connectivity index (χ1n) is 13.5. The number of rotatable bonds is 13. The van der Waals surface area contributed by atoms with Gasteiger partial charge in [-0.05, 0) is 61.2 Å². The summed E-state index contributed by atoms with van der Waals surface area (Å²) in [6.45, 7) is 4.19. The molecule has 206 valence electrons. The van der Waals surface area contributed by atoms with Gasteiger partial charge in [0.25, 0.3) is 5.91 Å². The van der Waals surface area contributed by atoms with E-state index in [1.807, 2.05) is 67.6 Å². The Morgan fingerprint density at radius 2 is 1.82 bits per heavy atom. The molecule has 2 amide bonds. The Balaban J connectivity index is 1.48. The quantitative estimate of drug-likeness (QED) is 0.269. The second-order valence-corrected chi connectivity index (χ2v) is 9.76. The Kier molecular flexibility index (Phi) is 9.94. The van der Waals surface area contributed by atoms with Gasteiger partial charge in [-0.1, -0.05) is 42.5 Å². The molecule has 8 nitrogen and oxygen atoms in total. The summed E-state index contributed by atoms with van der Waals surface area (Å²) in [7, 11) is 1.63. The highest BCUT2D eigenvalue weighted by molar-refractivity contribution is 6.00. The predicted octanol–water partition coefficient (Wildman–Crippen LogP) is 3.75. The van der Waals surface area contributed by atoms with E-state index in [9.17, 15) is 14.7 Å².